The second-order valence-electron chi connectivity index (χ2n) is 3.87. The number of nitrogens with zero attached hydrogens (tertiary/aromatic N) is 3. The molecule has 94 valence electrons. The Bertz CT molecular complexity index is 514. The van der Waals surface area contributed by atoms with Gasteiger partial charge in [0.2, 0.25) is 0 Å². The molecule has 1 aromatic carbocycles. The molecule has 0 fully saturated rings. The molecule has 0 aliphatic carbocycles. The highest BCUT2D eigenvalue weighted by molar-refractivity contribution is 5.45. The Morgan fingerprint density at radius 2 is 2.17 bits per heavy atom. The number of rotatable bonds is 4. The molecule has 0 aliphatic rings. The summed E-state index contributed by atoms with van der Waals surface area (Å²) in [5.41, 5.74) is 3.98. The average Bonchev–Trinajstić information content (AvgIpc) is 2.39. The summed E-state index contributed by atoms with van der Waals surface area (Å²) in [6.45, 7) is 0.543. The number of nitrogens with two attached hydrogens (primary N) is 1. The van der Waals surface area contributed by atoms with Gasteiger partial charge in [0.25, 0.3) is 0 Å². The second kappa shape index (κ2) is 5.42. The molecule has 0 unspecified atom stereocenters. The third-order valence-corrected chi connectivity index (χ3v) is 2.50. The van der Waals surface area contributed by atoms with Crippen LogP contribution in [0.1, 0.15) is 5.69 Å². The number of anilines is 2. The summed E-state index contributed by atoms with van der Waals surface area (Å²) in [4.78, 5) is 10.2. The zero-order valence-corrected chi connectivity index (χ0v) is 9.97. The van der Waals surface area contributed by atoms with Gasteiger partial charge in [0, 0.05) is 12.7 Å². The maximum atomic E-state index is 13.1. The minimum absolute atomic E-state index is 0.256. The van der Waals surface area contributed by atoms with Gasteiger partial charge in [0.05, 0.1) is 24.6 Å². The van der Waals surface area contributed by atoms with Gasteiger partial charge in [0.15, 0.2) is 5.82 Å². The number of hydrogen-bond acceptors (Lipinski definition) is 5. The largest absolute Gasteiger partial charge is 0.369 e. The van der Waals surface area contributed by atoms with Crippen LogP contribution in [0, 0.1) is 5.82 Å². The molecule has 0 radical (unpaired) electrons. The number of aromatic nitrogens is 2. The number of hydrazine groups is 1. The van der Waals surface area contributed by atoms with E-state index >= 15 is 0 Å². The van der Waals surface area contributed by atoms with Gasteiger partial charge in [-0.1, -0.05) is 6.07 Å². The Morgan fingerprint density at radius 1 is 1.33 bits per heavy atom. The SMILES string of the molecule is CN(Cc1cnc(NN)cn1)c1cccc(F)c1. The molecule has 18 heavy (non-hydrogen) atoms. The van der Waals surface area contributed by atoms with Gasteiger partial charge in [-0.05, 0) is 18.2 Å². The lowest BCUT2D eigenvalue weighted by molar-refractivity contribution is 0.627. The molecule has 2 rings (SSSR count). The lowest BCUT2D eigenvalue weighted by Gasteiger charge is -2.18. The molecule has 0 aliphatic heterocycles. The predicted molar refractivity (Wildman–Crippen MR) is 68.3 cm³/mol. The van der Waals surface area contributed by atoms with Crippen molar-refractivity contribution in [2.24, 2.45) is 5.84 Å². The van der Waals surface area contributed by atoms with Crippen LogP contribution in [0.5, 0.6) is 0 Å². The van der Waals surface area contributed by atoms with E-state index in [0.29, 0.717) is 12.4 Å². The third-order valence-electron chi connectivity index (χ3n) is 2.50. The van der Waals surface area contributed by atoms with Gasteiger partial charge < -0.3 is 10.3 Å². The van der Waals surface area contributed by atoms with Crippen LogP contribution in [0.15, 0.2) is 36.7 Å². The Balaban J connectivity index is 2.08. The first-order chi connectivity index (χ1) is 8.69. The molecule has 0 bridgehead atoms. The summed E-state index contributed by atoms with van der Waals surface area (Å²) < 4.78 is 13.1. The second-order valence-corrected chi connectivity index (χ2v) is 3.87. The normalized spacial score (nSPS) is 10.2. The van der Waals surface area contributed by atoms with E-state index in [1.54, 1.807) is 18.5 Å². The fourth-order valence-electron chi connectivity index (χ4n) is 1.56. The highest BCUT2D eigenvalue weighted by atomic mass is 19.1. The summed E-state index contributed by atoms with van der Waals surface area (Å²) in [5.74, 6) is 5.45. The van der Waals surface area contributed by atoms with Crippen molar-refractivity contribution in [2.45, 2.75) is 6.54 Å². The average molecular weight is 247 g/mol. The number of hydrogen-bond donors (Lipinski definition) is 2. The number of nitrogen functional groups attached to an aromatic ring is 1. The van der Waals surface area contributed by atoms with Crippen LogP contribution in [0.25, 0.3) is 0 Å². The zero-order valence-electron chi connectivity index (χ0n) is 9.97. The molecule has 0 spiro atoms. The molecule has 3 N–H and O–H groups in total. The van der Waals surface area contributed by atoms with Gasteiger partial charge in [-0.3, -0.25) is 4.98 Å². The third kappa shape index (κ3) is 2.92. The smallest absolute Gasteiger partial charge is 0.158 e. The molecule has 0 saturated heterocycles. The molecular weight excluding hydrogens is 233 g/mol. The highest BCUT2D eigenvalue weighted by Crippen LogP contribution is 2.15. The van der Waals surface area contributed by atoms with Crippen LogP contribution in [0.2, 0.25) is 0 Å². The summed E-state index contributed by atoms with van der Waals surface area (Å²) >= 11 is 0. The van der Waals surface area contributed by atoms with Crippen molar-refractivity contribution in [3.05, 3.63) is 48.2 Å². The minimum atomic E-state index is -0.256. The van der Waals surface area contributed by atoms with Crippen LogP contribution in [-0.4, -0.2) is 17.0 Å². The maximum Gasteiger partial charge on any atom is 0.158 e. The fraction of sp³-hybridized carbons (Fsp3) is 0.167. The Kier molecular flexibility index (Phi) is 3.69. The molecule has 1 heterocycles. The monoisotopic (exact) mass is 247 g/mol. The van der Waals surface area contributed by atoms with Gasteiger partial charge in [-0.25, -0.2) is 15.2 Å². The van der Waals surface area contributed by atoms with Crippen molar-refractivity contribution in [1.82, 2.24) is 9.97 Å². The van der Waals surface area contributed by atoms with E-state index in [1.807, 2.05) is 18.0 Å². The summed E-state index contributed by atoms with van der Waals surface area (Å²) in [6, 6.07) is 6.41. The molecule has 0 atom stereocenters. The molecule has 6 heteroatoms. The molecule has 2 aromatic rings. The summed E-state index contributed by atoms with van der Waals surface area (Å²) in [5, 5.41) is 0. The number of nitrogens with one attached hydrogen (secondary N) is 1. The molecular formula is C12H14FN5. The zero-order chi connectivity index (χ0) is 13.0. The summed E-state index contributed by atoms with van der Waals surface area (Å²) in [6.07, 6.45) is 3.18. The van der Waals surface area contributed by atoms with Crippen molar-refractivity contribution >= 4 is 11.5 Å². The van der Waals surface area contributed by atoms with Crippen LogP contribution < -0.4 is 16.2 Å². The minimum Gasteiger partial charge on any atom is -0.369 e. The van der Waals surface area contributed by atoms with Crippen molar-refractivity contribution in [3.8, 4) is 0 Å². The highest BCUT2D eigenvalue weighted by Gasteiger charge is 2.04. The molecule has 5 nitrogen and oxygen atoms in total. The van der Waals surface area contributed by atoms with E-state index in [1.165, 1.54) is 12.1 Å². The number of benzene rings is 1. The number of halogens is 1. The van der Waals surface area contributed by atoms with Crippen molar-refractivity contribution in [1.29, 1.82) is 0 Å². The lowest BCUT2D eigenvalue weighted by atomic mass is 10.3. The van der Waals surface area contributed by atoms with Crippen molar-refractivity contribution in [2.75, 3.05) is 17.4 Å². The predicted octanol–water partition coefficient (Wildman–Crippen LogP) is 1.54. The van der Waals surface area contributed by atoms with Crippen molar-refractivity contribution in [3.63, 3.8) is 0 Å². The van der Waals surface area contributed by atoms with E-state index in [0.717, 1.165) is 11.4 Å². The van der Waals surface area contributed by atoms with Gasteiger partial charge >= 0.3 is 0 Å². The summed E-state index contributed by atoms with van der Waals surface area (Å²) in [7, 11) is 1.87. The maximum absolute atomic E-state index is 13.1. The standard InChI is InChI=1S/C12H14FN5/c1-18(11-4-2-3-9(13)5-11)8-10-6-16-12(17-14)7-15-10/h2-7H,8,14H2,1H3,(H,16,17). The quantitative estimate of drug-likeness (QED) is 0.633. The van der Waals surface area contributed by atoms with Crippen molar-refractivity contribution < 1.29 is 4.39 Å². The first-order valence-electron chi connectivity index (χ1n) is 5.43. The Morgan fingerprint density at radius 3 is 2.78 bits per heavy atom. The van der Waals surface area contributed by atoms with Gasteiger partial charge in [-0.15, -0.1) is 0 Å². The van der Waals surface area contributed by atoms with E-state index in [2.05, 4.69) is 15.4 Å². The van der Waals surface area contributed by atoms with Crippen LogP contribution in [0.4, 0.5) is 15.9 Å². The van der Waals surface area contributed by atoms with Crippen LogP contribution >= 0.6 is 0 Å². The fourth-order valence-corrected chi connectivity index (χ4v) is 1.56. The lowest BCUT2D eigenvalue weighted by Crippen LogP contribution is -2.18. The van der Waals surface area contributed by atoms with Gasteiger partial charge in [0.1, 0.15) is 5.82 Å². The topological polar surface area (TPSA) is 67.1 Å². The van der Waals surface area contributed by atoms with E-state index in [-0.39, 0.29) is 5.82 Å². The van der Waals surface area contributed by atoms with E-state index in [4.69, 9.17) is 5.84 Å². The molecule has 0 amide bonds. The Labute approximate surface area is 104 Å². The first kappa shape index (κ1) is 12.3. The first-order valence-corrected chi connectivity index (χ1v) is 5.43. The van der Waals surface area contributed by atoms with Gasteiger partial charge in [-0.2, -0.15) is 0 Å². The molecule has 0 saturated carbocycles. The van der Waals surface area contributed by atoms with Crippen LogP contribution in [0.3, 0.4) is 0 Å². The van der Waals surface area contributed by atoms with Crippen LogP contribution in [-0.2, 0) is 6.54 Å². The molecule has 1 aromatic heterocycles. The Hall–Kier alpha value is -2.21. The van der Waals surface area contributed by atoms with E-state index in [9.17, 15) is 4.39 Å². The van der Waals surface area contributed by atoms with E-state index < -0.39 is 0 Å².